The summed E-state index contributed by atoms with van der Waals surface area (Å²) >= 11 is 1.44. The molecule has 112 valence electrons. The predicted octanol–water partition coefficient (Wildman–Crippen LogP) is 3.46. The fourth-order valence-corrected chi connectivity index (χ4v) is 3.60. The van der Waals surface area contributed by atoms with E-state index >= 15 is 0 Å². The van der Waals surface area contributed by atoms with Gasteiger partial charge >= 0.3 is 0 Å². The molecule has 6 heteroatoms. The Morgan fingerprint density at radius 3 is 3.10 bits per heavy atom. The molecule has 1 aliphatic rings. The smallest absolute Gasteiger partial charge is 0.274 e. The van der Waals surface area contributed by atoms with Gasteiger partial charge in [-0.2, -0.15) is 0 Å². The van der Waals surface area contributed by atoms with Gasteiger partial charge in [-0.3, -0.25) is 10.1 Å². The Morgan fingerprint density at radius 2 is 2.33 bits per heavy atom. The molecule has 0 aliphatic heterocycles. The molecule has 0 saturated heterocycles. The SMILES string of the molecule is COCc1cnc(NC(=O)c2cccn2C2CCCC2)s1. The Labute approximate surface area is 128 Å². The number of ether oxygens (including phenoxy) is 1. The van der Waals surface area contributed by atoms with Crippen LogP contribution in [0.3, 0.4) is 0 Å². The molecule has 1 saturated carbocycles. The molecule has 0 atom stereocenters. The third-order valence-electron chi connectivity index (χ3n) is 3.79. The van der Waals surface area contributed by atoms with Crippen molar-refractivity contribution in [3.63, 3.8) is 0 Å². The molecule has 0 unspecified atom stereocenters. The molecular formula is C15H19N3O2S. The van der Waals surface area contributed by atoms with Crippen LogP contribution < -0.4 is 5.32 Å². The van der Waals surface area contributed by atoms with Gasteiger partial charge in [0.1, 0.15) is 5.69 Å². The Balaban J connectivity index is 1.71. The average Bonchev–Trinajstić information content (AvgIpc) is 3.20. The maximum atomic E-state index is 12.4. The zero-order valence-corrected chi connectivity index (χ0v) is 12.9. The normalized spacial score (nSPS) is 15.5. The van der Waals surface area contributed by atoms with Gasteiger partial charge in [0.05, 0.1) is 11.5 Å². The van der Waals surface area contributed by atoms with Gasteiger partial charge < -0.3 is 9.30 Å². The highest BCUT2D eigenvalue weighted by molar-refractivity contribution is 7.15. The Kier molecular flexibility index (Phi) is 4.36. The molecule has 2 aromatic heterocycles. The molecule has 21 heavy (non-hydrogen) atoms. The first-order valence-corrected chi connectivity index (χ1v) is 8.01. The van der Waals surface area contributed by atoms with Crippen LogP contribution in [0, 0.1) is 0 Å². The number of thiazole rings is 1. The Morgan fingerprint density at radius 1 is 1.52 bits per heavy atom. The highest BCUT2D eigenvalue weighted by Crippen LogP contribution is 2.31. The molecule has 0 radical (unpaired) electrons. The molecule has 0 spiro atoms. The summed E-state index contributed by atoms with van der Waals surface area (Å²) in [4.78, 5) is 17.6. The molecule has 1 N–H and O–H groups in total. The molecule has 3 rings (SSSR count). The highest BCUT2D eigenvalue weighted by atomic mass is 32.1. The Bertz CT molecular complexity index is 614. The molecule has 0 aromatic carbocycles. The molecule has 2 heterocycles. The quantitative estimate of drug-likeness (QED) is 0.920. The maximum absolute atomic E-state index is 12.4. The van der Waals surface area contributed by atoms with E-state index in [1.807, 2.05) is 18.3 Å². The van der Waals surface area contributed by atoms with Gasteiger partial charge in [0.2, 0.25) is 0 Å². The number of carbonyl (C=O) groups excluding carboxylic acids is 1. The number of methoxy groups -OCH3 is 1. The summed E-state index contributed by atoms with van der Waals surface area (Å²) in [5.74, 6) is -0.0924. The number of nitrogens with zero attached hydrogens (tertiary/aromatic N) is 2. The van der Waals surface area contributed by atoms with Crippen LogP contribution in [0.25, 0.3) is 0 Å². The fraction of sp³-hybridized carbons (Fsp3) is 0.467. The second-order valence-electron chi connectivity index (χ2n) is 5.26. The third-order valence-corrected chi connectivity index (χ3v) is 4.68. The van der Waals surface area contributed by atoms with E-state index in [1.54, 1.807) is 13.3 Å². The molecule has 1 aliphatic carbocycles. The van der Waals surface area contributed by atoms with Crippen LogP contribution in [0.1, 0.15) is 47.1 Å². The Hall–Kier alpha value is -1.66. The minimum Gasteiger partial charge on any atom is -0.379 e. The van der Waals surface area contributed by atoms with Crippen molar-refractivity contribution in [3.8, 4) is 0 Å². The summed E-state index contributed by atoms with van der Waals surface area (Å²) < 4.78 is 7.16. The zero-order chi connectivity index (χ0) is 14.7. The molecule has 5 nitrogen and oxygen atoms in total. The first-order valence-electron chi connectivity index (χ1n) is 7.20. The number of nitrogens with one attached hydrogen (secondary N) is 1. The first-order chi connectivity index (χ1) is 10.3. The van der Waals surface area contributed by atoms with Gasteiger partial charge in [0.25, 0.3) is 5.91 Å². The third kappa shape index (κ3) is 3.16. The van der Waals surface area contributed by atoms with E-state index in [0.29, 0.717) is 23.5 Å². The predicted molar refractivity (Wildman–Crippen MR) is 82.7 cm³/mol. The first kappa shape index (κ1) is 14.3. The number of hydrogen-bond donors (Lipinski definition) is 1. The van der Waals surface area contributed by atoms with Crippen LogP contribution in [0.5, 0.6) is 0 Å². The average molecular weight is 305 g/mol. The molecule has 0 bridgehead atoms. The minimum absolute atomic E-state index is 0.0924. The van der Waals surface area contributed by atoms with E-state index in [1.165, 1.54) is 24.2 Å². The van der Waals surface area contributed by atoms with Crippen molar-refractivity contribution in [1.29, 1.82) is 0 Å². The highest BCUT2D eigenvalue weighted by Gasteiger charge is 2.21. The van der Waals surface area contributed by atoms with Crippen LogP contribution in [-0.4, -0.2) is 22.6 Å². The summed E-state index contributed by atoms with van der Waals surface area (Å²) in [6.45, 7) is 0.520. The van der Waals surface area contributed by atoms with Gasteiger partial charge in [0.15, 0.2) is 5.13 Å². The van der Waals surface area contributed by atoms with Gasteiger partial charge in [0, 0.05) is 25.5 Å². The summed E-state index contributed by atoms with van der Waals surface area (Å²) in [7, 11) is 1.65. The van der Waals surface area contributed by atoms with Crippen LogP contribution >= 0.6 is 11.3 Å². The number of rotatable bonds is 5. The zero-order valence-electron chi connectivity index (χ0n) is 12.0. The summed E-state index contributed by atoms with van der Waals surface area (Å²) in [5, 5.41) is 3.50. The van der Waals surface area contributed by atoms with Gasteiger partial charge in [-0.05, 0) is 25.0 Å². The number of hydrogen-bond acceptors (Lipinski definition) is 4. The van der Waals surface area contributed by atoms with E-state index in [-0.39, 0.29) is 5.91 Å². The van der Waals surface area contributed by atoms with Gasteiger partial charge in [-0.25, -0.2) is 4.98 Å². The second-order valence-corrected chi connectivity index (χ2v) is 6.37. The molecule has 2 aromatic rings. The van der Waals surface area contributed by atoms with Crippen LogP contribution in [0.15, 0.2) is 24.5 Å². The number of carbonyl (C=O) groups is 1. The summed E-state index contributed by atoms with van der Waals surface area (Å²) in [5.41, 5.74) is 0.713. The lowest BCUT2D eigenvalue weighted by molar-refractivity contribution is 0.101. The fourth-order valence-electron chi connectivity index (χ4n) is 2.82. The van der Waals surface area contributed by atoms with Crippen molar-refractivity contribution in [3.05, 3.63) is 35.1 Å². The summed E-state index contributed by atoms with van der Waals surface area (Å²) in [6, 6.07) is 4.27. The van der Waals surface area contributed by atoms with Crippen LogP contribution in [0.4, 0.5) is 5.13 Å². The van der Waals surface area contributed by atoms with E-state index in [9.17, 15) is 4.79 Å². The topological polar surface area (TPSA) is 56.1 Å². The van der Waals surface area contributed by atoms with E-state index in [0.717, 1.165) is 17.7 Å². The van der Waals surface area contributed by atoms with Crippen molar-refractivity contribution in [2.24, 2.45) is 0 Å². The lowest BCUT2D eigenvalue weighted by Gasteiger charge is -2.15. The number of aromatic nitrogens is 2. The van der Waals surface area contributed by atoms with Crippen molar-refractivity contribution in [1.82, 2.24) is 9.55 Å². The van der Waals surface area contributed by atoms with Crippen LogP contribution in [-0.2, 0) is 11.3 Å². The van der Waals surface area contributed by atoms with Crippen molar-refractivity contribution in [2.75, 3.05) is 12.4 Å². The standard InChI is InChI=1S/C15H19N3O2S/c1-20-10-12-9-16-15(21-12)17-14(19)13-7-4-8-18(13)11-5-2-3-6-11/h4,7-9,11H,2-3,5-6,10H2,1H3,(H,16,17,19). The van der Waals surface area contributed by atoms with Crippen LogP contribution in [0.2, 0.25) is 0 Å². The molecule has 1 amide bonds. The lowest BCUT2D eigenvalue weighted by atomic mass is 10.2. The summed E-state index contributed by atoms with van der Waals surface area (Å²) in [6.07, 6.45) is 8.55. The lowest BCUT2D eigenvalue weighted by Crippen LogP contribution is -2.18. The van der Waals surface area contributed by atoms with Crippen molar-refractivity contribution >= 4 is 22.4 Å². The van der Waals surface area contributed by atoms with Gasteiger partial charge in [-0.15, -0.1) is 0 Å². The van der Waals surface area contributed by atoms with E-state index in [4.69, 9.17) is 4.74 Å². The van der Waals surface area contributed by atoms with Crippen molar-refractivity contribution < 1.29 is 9.53 Å². The van der Waals surface area contributed by atoms with E-state index in [2.05, 4.69) is 14.9 Å². The molecule has 1 fully saturated rings. The largest absolute Gasteiger partial charge is 0.379 e. The number of amides is 1. The van der Waals surface area contributed by atoms with Gasteiger partial charge in [-0.1, -0.05) is 24.2 Å². The number of anilines is 1. The monoisotopic (exact) mass is 305 g/mol. The maximum Gasteiger partial charge on any atom is 0.274 e. The molecular weight excluding hydrogens is 286 g/mol. The van der Waals surface area contributed by atoms with Crippen molar-refractivity contribution in [2.45, 2.75) is 38.3 Å². The minimum atomic E-state index is -0.0924. The second kappa shape index (κ2) is 6.41. The van der Waals surface area contributed by atoms with E-state index < -0.39 is 0 Å².